The summed E-state index contributed by atoms with van der Waals surface area (Å²) in [7, 11) is 1.65. The molecule has 2 atom stereocenters. The van der Waals surface area contributed by atoms with Crippen LogP contribution in [0.5, 0.6) is 5.75 Å². The smallest absolute Gasteiger partial charge is 0.223 e. The second-order valence-corrected chi connectivity index (χ2v) is 7.22. The van der Waals surface area contributed by atoms with Gasteiger partial charge in [-0.2, -0.15) is 0 Å². The van der Waals surface area contributed by atoms with Gasteiger partial charge in [-0.25, -0.2) is 0 Å². The summed E-state index contributed by atoms with van der Waals surface area (Å²) in [5, 5.41) is 5.79. The molecule has 1 aromatic rings. The topological polar surface area (TPSA) is 67.4 Å². The molecule has 0 aliphatic heterocycles. The third-order valence-electron chi connectivity index (χ3n) is 4.66. The molecule has 0 heterocycles. The quantitative estimate of drug-likeness (QED) is 0.767. The van der Waals surface area contributed by atoms with E-state index in [1.165, 1.54) is 0 Å². The first kappa shape index (κ1) is 18.3. The van der Waals surface area contributed by atoms with E-state index in [1.807, 2.05) is 24.3 Å². The summed E-state index contributed by atoms with van der Waals surface area (Å²) < 4.78 is 5.41. The summed E-state index contributed by atoms with van der Waals surface area (Å²) >= 11 is 0. The molecule has 2 rings (SSSR count). The third-order valence-corrected chi connectivity index (χ3v) is 4.66. The second kappa shape index (κ2) is 7.69. The first-order chi connectivity index (χ1) is 11.3. The van der Waals surface area contributed by atoms with Gasteiger partial charge in [-0.15, -0.1) is 0 Å². The van der Waals surface area contributed by atoms with E-state index in [-0.39, 0.29) is 23.1 Å². The van der Waals surface area contributed by atoms with Gasteiger partial charge in [0.1, 0.15) is 5.75 Å². The Kier molecular flexibility index (Phi) is 5.86. The molecule has 1 aliphatic carbocycles. The van der Waals surface area contributed by atoms with Crippen molar-refractivity contribution < 1.29 is 14.3 Å². The molecule has 0 bridgehead atoms. The fourth-order valence-electron chi connectivity index (χ4n) is 2.82. The van der Waals surface area contributed by atoms with Crippen LogP contribution in [0.15, 0.2) is 24.3 Å². The lowest BCUT2D eigenvalue weighted by atomic mass is 9.84. The van der Waals surface area contributed by atoms with Crippen molar-refractivity contribution in [1.29, 1.82) is 0 Å². The zero-order chi connectivity index (χ0) is 17.7. The normalized spacial score (nSPS) is 19.5. The first-order valence-corrected chi connectivity index (χ1v) is 8.53. The molecule has 1 saturated carbocycles. The maximum absolute atomic E-state index is 12.0. The van der Waals surface area contributed by atoms with Crippen LogP contribution in [0, 0.1) is 11.8 Å². The van der Waals surface area contributed by atoms with Crippen LogP contribution in [-0.4, -0.2) is 32.0 Å². The summed E-state index contributed by atoms with van der Waals surface area (Å²) in [5.74, 6) is 1.48. The van der Waals surface area contributed by atoms with Crippen molar-refractivity contribution in [2.24, 2.45) is 11.8 Å². The summed E-state index contributed by atoms with van der Waals surface area (Å²) in [6.07, 6.45) is 1.26. The number of hydrogen-bond donors (Lipinski definition) is 2. The highest BCUT2D eigenvalue weighted by Gasteiger charge is 2.38. The molecule has 0 aromatic heterocycles. The van der Waals surface area contributed by atoms with Crippen molar-refractivity contribution >= 4 is 11.8 Å². The molecule has 132 valence electrons. The number of rotatable bonds is 8. The minimum atomic E-state index is -0.241. The number of carbonyl (C=O) groups excluding carboxylic acids is 2. The van der Waals surface area contributed by atoms with Crippen LogP contribution < -0.4 is 15.4 Å². The van der Waals surface area contributed by atoms with Crippen LogP contribution >= 0.6 is 0 Å². The highest BCUT2D eigenvalue weighted by Crippen LogP contribution is 2.37. The minimum absolute atomic E-state index is 0.0536. The number of methoxy groups -OCH3 is 1. The molecule has 24 heavy (non-hydrogen) atoms. The van der Waals surface area contributed by atoms with Crippen molar-refractivity contribution in [1.82, 2.24) is 10.6 Å². The van der Waals surface area contributed by atoms with E-state index in [0.29, 0.717) is 25.4 Å². The number of ether oxygens (including phenoxy) is 1. The van der Waals surface area contributed by atoms with E-state index < -0.39 is 0 Å². The molecular weight excluding hydrogens is 304 g/mol. The second-order valence-electron chi connectivity index (χ2n) is 7.22. The Bertz CT molecular complexity index is 598. The zero-order valence-corrected chi connectivity index (χ0v) is 15.0. The van der Waals surface area contributed by atoms with Crippen molar-refractivity contribution in [3.8, 4) is 5.75 Å². The molecule has 5 nitrogen and oxygen atoms in total. The van der Waals surface area contributed by atoms with Crippen LogP contribution in [0.2, 0.25) is 0 Å². The zero-order valence-electron chi connectivity index (χ0n) is 15.0. The standard InChI is InChI=1S/C19H28N2O3/c1-13-11-14(13)18(23)20-10-9-17(22)21-12-19(2,3)15-7-5-6-8-16(15)24-4/h5-8,13-14H,9-12H2,1-4H3,(H,20,23)(H,21,22)/t13-,14+/m0/s1. The molecule has 0 radical (unpaired) electrons. The predicted octanol–water partition coefficient (Wildman–Crippen LogP) is 2.25. The van der Waals surface area contributed by atoms with Crippen molar-refractivity contribution in [2.75, 3.05) is 20.2 Å². The Morgan fingerprint density at radius 2 is 1.92 bits per heavy atom. The Morgan fingerprint density at radius 1 is 1.25 bits per heavy atom. The number of amides is 2. The fourth-order valence-corrected chi connectivity index (χ4v) is 2.82. The van der Waals surface area contributed by atoms with Crippen LogP contribution in [0.25, 0.3) is 0 Å². The number of hydrogen-bond acceptors (Lipinski definition) is 3. The van der Waals surface area contributed by atoms with Crippen molar-refractivity contribution in [3.05, 3.63) is 29.8 Å². The number of nitrogens with one attached hydrogen (secondary N) is 2. The third kappa shape index (κ3) is 4.73. The van der Waals surface area contributed by atoms with E-state index in [1.54, 1.807) is 7.11 Å². The first-order valence-electron chi connectivity index (χ1n) is 8.53. The fraction of sp³-hybridized carbons (Fsp3) is 0.579. The van der Waals surface area contributed by atoms with Crippen LogP contribution in [0.3, 0.4) is 0 Å². The van der Waals surface area contributed by atoms with E-state index in [4.69, 9.17) is 4.74 Å². The van der Waals surface area contributed by atoms with Gasteiger partial charge in [0, 0.05) is 36.4 Å². The molecular formula is C19H28N2O3. The molecule has 2 amide bonds. The van der Waals surface area contributed by atoms with Gasteiger partial charge in [0.25, 0.3) is 0 Å². The Balaban J connectivity index is 1.76. The monoisotopic (exact) mass is 332 g/mol. The van der Waals surface area contributed by atoms with E-state index >= 15 is 0 Å². The van der Waals surface area contributed by atoms with Gasteiger partial charge < -0.3 is 15.4 Å². The Labute approximate surface area is 144 Å². The lowest BCUT2D eigenvalue weighted by Gasteiger charge is -2.27. The highest BCUT2D eigenvalue weighted by atomic mass is 16.5. The van der Waals surface area contributed by atoms with E-state index in [2.05, 4.69) is 31.4 Å². The predicted molar refractivity (Wildman–Crippen MR) is 93.9 cm³/mol. The lowest BCUT2D eigenvalue weighted by Crippen LogP contribution is -2.38. The van der Waals surface area contributed by atoms with Crippen molar-refractivity contribution in [3.63, 3.8) is 0 Å². The van der Waals surface area contributed by atoms with Gasteiger partial charge in [0.05, 0.1) is 7.11 Å². The number of carbonyl (C=O) groups is 2. The van der Waals surface area contributed by atoms with Gasteiger partial charge in [-0.1, -0.05) is 39.0 Å². The number of para-hydroxylation sites is 1. The van der Waals surface area contributed by atoms with Gasteiger partial charge in [0.15, 0.2) is 0 Å². The Hall–Kier alpha value is -2.04. The van der Waals surface area contributed by atoms with E-state index in [9.17, 15) is 9.59 Å². The maximum Gasteiger partial charge on any atom is 0.223 e. The summed E-state index contributed by atoms with van der Waals surface area (Å²) in [4.78, 5) is 23.7. The van der Waals surface area contributed by atoms with E-state index in [0.717, 1.165) is 17.7 Å². The van der Waals surface area contributed by atoms with Gasteiger partial charge >= 0.3 is 0 Å². The SMILES string of the molecule is COc1ccccc1C(C)(C)CNC(=O)CCNC(=O)[C@@H]1C[C@@H]1C. The Morgan fingerprint density at radius 3 is 2.54 bits per heavy atom. The summed E-state index contributed by atoms with van der Waals surface area (Å²) in [5.41, 5.74) is 0.818. The number of benzene rings is 1. The molecule has 0 spiro atoms. The van der Waals surface area contributed by atoms with Crippen LogP contribution in [0.1, 0.15) is 39.2 Å². The average Bonchev–Trinajstić information content (AvgIpc) is 3.30. The summed E-state index contributed by atoms with van der Waals surface area (Å²) in [6, 6.07) is 7.84. The molecule has 0 saturated heterocycles. The summed E-state index contributed by atoms with van der Waals surface area (Å²) in [6.45, 7) is 7.11. The molecule has 1 aliphatic rings. The highest BCUT2D eigenvalue weighted by molar-refractivity contribution is 5.82. The molecule has 1 aromatic carbocycles. The van der Waals surface area contributed by atoms with Gasteiger partial charge in [0.2, 0.25) is 11.8 Å². The largest absolute Gasteiger partial charge is 0.496 e. The van der Waals surface area contributed by atoms with Gasteiger partial charge in [-0.3, -0.25) is 9.59 Å². The maximum atomic E-state index is 12.0. The van der Waals surface area contributed by atoms with Crippen molar-refractivity contribution in [2.45, 2.75) is 39.0 Å². The van der Waals surface area contributed by atoms with Gasteiger partial charge in [-0.05, 0) is 18.4 Å². The minimum Gasteiger partial charge on any atom is -0.496 e. The molecule has 0 unspecified atom stereocenters. The average molecular weight is 332 g/mol. The lowest BCUT2D eigenvalue weighted by molar-refractivity contribution is -0.123. The molecule has 2 N–H and O–H groups in total. The molecule has 1 fully saturated rings. The molecule has 5 heteroatoms. The van der Waals surface area contributed by atoms with Crippen LogP contribution in [-0.2, 0) is 15.0 Å². The van der Waals surface area contributed by atoms with Crippen LogP contribution in [0.4, 0.5) is 0 Å².